The third-order valence-corrected chi connectivity index (χ3v) is 3.43. The minimum Gasteiger partial charge on any atom is -0.545 e. The second-order valence-electron chi connectivity index (χ2n) is 5.10. The van der Waals surface area contributed by atoms with Crippen LogP contribution in [0.1, 0.15) is 17.3 Å². The molecule has 0 aliphatic rings. The SMILES string of the molecule is COc1cc(NC(=O)[C@@H](C)Oc2ccccc2)c(C(=O)[O-])cc1OC. The lowest BCUT2D eigenvalue weighted by atomic mass is 10.1. The molecule has 1 N–H and O–H groups in total. The molecule has 0 heterocycles. The molecule has 0 unspecified atom stereocenters. The summed E-state index contributed by atoms with van der Waals surface area (Å²) in [5.41, 5.74) is -0.191. The zero-order chi connectivity index (χ0) is 18.4. The normalized spacial score (nSPS) is 11.3. The van der Waals surface area contributed by atoms with E-state index in [0.717, 1.165) is 0 Å². The lowest BCUT2D eigenvalue weighted by Crippen LogP contribution is -2.32. The first kappa shape index (κ1) is 18.1. The zero-order valence-electron chi connectivity index (χ0n) is 14.1. The van der Waals surface area contributed by atoms with E-state index in [-0.39, 0.29) is 22.7 Å². The first-order valence-electron chi connectivity index (χ1n) is 7.46. The minimum absolute atomic E-state index is 0.0335. The summed E-state index contributed by atoms with van der Waals surface area (Å²) in [7, 11) is 2.79. The van der Waals surface area contributed by atoms with Gasteiger partial charge in [0.05, 0.1) is 25.9 Å². The maximum atomic E-state index is 12.3. The van der Waals surface area contributed by atoms with Crippen LogP contribution in [0.5, 0.6) is 17.2 Å². The molecular formula is C18H18NO6-. The number of carboxylic acid groups (broad SMARTS) is 1. The highest BCUT2D eigenvalue weighted by atomic mass is 16.5. The Bertz CT molecular complexity index is 760. The summed E-state index contributed by atoms with van der Waals surface area (Å²) >= 11 is 0. The van der Waals surface area contributed by atoms with Crippen LogP contribution in [-0.2, 0) is 4.79 Å². The Morgan fingerprint density at radius 1 is 1.04 bits per heavy atom. The van der Waals surface area contributed by atoms with Gasteiger partial charge in [-0.3, -0.25) is 4.79 Å². The summed E-state index contributed by atoms with van der Waals surface area (Å²) in [5, 5.41) is 13.9. The molecule has 132 valence electrons. The van der Waals surface area contributed by atoms with Crippen LogP contribution in [0.3, 0.4) is 0 Å². The Morgan fingerprint density at radius 3 is 2.20 bits per heavy atom. The molecular weight excluding hydrogens is 326 g/mol. The number of aromatic carboxylic acids is 1. The van der Waals surface area contributed by atoms with Crippen LogP contribution in [0.25, 0.3) is 0 Å². The zero-order valence-corrected chi connectivity index (χ0v) is 14.1. The lowest BCUT2D eigenvalue weighted by Gasteiger charge is -2.18. The molecule has 0 saturated carbocycles. The molecule has 0 spiro atoms. The van der Waals surface area contributed by atoms with Crippen LogP contribution in [0.4, 0.5) is 5.69 Å². The molecule has 0 fully saturated rings. The predicted octanol–water partition coefficient (Wildman–Crippen LogP) is 1.47. The monoisotopic (exact) mass is 344 g/mol. The first-order valence-corrected chi connectivity index (χ1v) is 7.46. The fraction of sp³-hybridized carbons (Fsp3) is 0.222. The molecule has 25 heavy (non-hydrogen) atoms. The van der Waals surface area contributed by atoms with Gasteiger partial charge in [0.25, 0.3) is 5.91 Å². The van der Waals surface area contributed by atoms with Gasteiger partial charge in [-0.05, 0) is 25.1 Å². The van der Waals surface area contributed by atoms with Crippen molar-refractivity contribution in [3.63, 3.8) is 0 Å². The van der Waals surface area contributed by atoms with Crippen LogP contribution in [0.15, 0.2) is 42.5 Å². The van der Waals surface area contributed by atoms with Gasteiger partial charge >= 0.3 is 0 Å². The van der Waals surface area contributed by atoms with E-state index in [2.05, 4.69) is 5.32 Å². The van der Waals surface area contributed by atoms with Crippen molar-refractivity contribution in [2.45, 2.75) is 13.0 Å². The molecule has 7 heteroatoms. The number of hydrogen-bond acceptors (Lipinski definition) is 6. The van der Waals surface area contributed by atoms with Gasteiger partial charge in [0.2, 0.25) is 0 Å². The Balaban J connectivity index is 2.22. The summed E-state index contributed by atoms with van der Waals surface area (Å²) < 4.78 is 15.7. The number of rotatable bonds is 7. The van der Waals surface area contributed by atoms with Crippen LogP contribution in [0, 0.1) is 0 Å². The van der Waals surface area contributed by atoms with Gasteiger partial charge < -0.3 is 29.4 Å². The number of hydrogen-bond donors (Lipinski definition) is 1. The van der Waals surface area contributed by atoms with Gasteiger partial charge in [-0.15, -0.1) is 0 Å². The molecule has 0 bridgehead atoms. The third kappa shape index (κ3) is 4.41. The average Bonchev–Trinajstić information content (AvgIpc) is 2.61. The molecule has 0 radical (unpaired) electrons. The van der Waals surface area contributed by atoms with Crippen LogP contribution in [0.2, 0.25) is 0 Å². The first-order chi connectivity index (χ1) is 12.0. The molecule has 1 atom stereocenters. The number of para-hydroxylation sites is 1. The fourth-order valence-electron chi connectivity index (χ4n) is 2.14. The van der Waals surface area contributed by atoms with E-state index in [1.165, 1.54) is 26.4 Å². The number of carbonyl (C=O) groups excluding carboxylic acids is 2. The maximum absolute atomic E-state index is 12.3. The third-order valence-electron chi connectivity index (χ3n) is 3.43. The van der Waals surface area contributed by atoms with Gasteiger partial charge in [0.1, 0.15) is 5.75 Å². The summed E-state index contributed by atoms with van der Waals surface area (Å²) in [4.78, 5) is 23.7. The van der Waals surface area contributed by atoms with Gasteiger partial charge in [0.15, 0.2) is 17.6 Å². The Kier molecular flexibility index (Phi) is 5.84. The van der Waals surface area contributed by atoms with E-state index in [4.69, 9.17) is 14.2 Å². The van der Waals surface area contributed by atoms with Crippen LogP contribution >= 0.6 is 0 Å². The van der Waals surface area contributed by atoms with E-state index in [1.807, 2.05) is 6.07 Å². The molecule has 0 aliphatic carbocycles. The smallest absolute Gasteiger partial charge is 0.265 e. The maximum Gasteiger partial charge on any atom is 0.265 e. The summed E-state index contributed by atoms with van der Waals surface area (Å²) in [6.07, 6.45) is -0.842. The number of methoxy groups -OCH3 is 2. The molecule has 0 saturated heterocycles. The second-order valence-corrected chi connectivity index (χ2v) is 5.10. The summed E-state index contributed by atoms with van der Waals surface area (Å²) in [5.74, 6) is -0.947. The highest BCUT2D eigenvalue weighted by Gasteiger charge is 2.19. The molecule has 1 amide bonds. The number of carboxylic acids is 1. The molecule has 2 aromatic rings. The van der Waals surface area contributed by atoms with E-state index >= 15 is 0 Å². The quantitative estimate of drug-likeness (QED) is 0.817. The van der Waals surface area contributed by atoms with Crippen molar-refractivity contribution in [2.75, 3.05) is 19.5 Å². The minimum atomic E-state index is -1.45. The van der Waals surface area contributed by atoms with Crippen molar-refractivity contribution in [1.82, 2.24) is 0 Å². The van der Waals surface area contributed by atoms with Gasteiger partial charge in [-0.25, -0.2) is 0 Å². The predicted molar refractivity (Wildman–Crippen MR) is 89.0 cm³/mol. The van der Waals surface area contributed by atoms with Gasteiger partial charge in [-0.1, -0.05) is 18.2 Å². The lowest BCUT2D eigenvalue weighted by molar-refractivity contribution is -0.254. The van der Waals surface area contributed by atoms with Gasteiger partial charge in [-0.2, -0.15) is 0 Å². The van der Waals surface area contributed by atoms with Crippen molar-refractivity contribution in [3.05, 3.63) is 48.0 Å². The molecule has 7 nitrogen and oxygen atoms in total. The number of ether oxygens (including phenoxy) is 3. The average molecular weight is 344 g/mol. The van der Waals surface area contributed by atoms with Crippen molar-refractivity contribution < 1.29 is 28.9 Å². The van der Waals surface area contributed by atoms with E-state index in [1.54, 1.807) is 31.2 Å². The summed E-state index contributed by atoms with van der Waals surface area (Å²) in [6.45, 7) is 1.56. The van der Waals surface area contributed by atoms with E-state index < -0.39 is 18.0 Å². The van der Waals surface area contributed by atoms with Crippen molar-refractivity contribution in [3.8, 4) is 17.2 Å². The Morgan fingerprint density at radius 2 is 1.64 bits per heavy atom. The highest BCUT2D eigenvalue weighted by Crippen LogP contribution is 2.33. The largest absolute Gasteiger partial charge is 0.545 e. The van der Waals surface area contributed by atoms with Crippen LogP contribution in [-0.4, -0.2) is 32.2 Å². The number of carbonyl (C=O) groups is 2. The number of anilines is 1. The summed E-state index contributed by atoms with van der Waals surface area (Å²) in [6, 6.07) is 11.4. The number of benzene rings is 2. The Labute approximate surface area is 145 Å². The second kappa shape index (κ2) is 8.05. The fourth-order valence-corrected chi connectivity index (χ4v) is 2.14. The van der Waals surface area contributed by atoms with E-state index in [9.17, 15) is 14.7 Å². The number of amides is 1. The molecule has 0 aliphatic heterocycles. The van der Waals surface area contributed by atoms with Gasteiger partial charge in [0, 0.05) is 11.6 Å². The van der Waals surface area contributed by atoms with Crippen molar-refractivity contribution in [2.24, 2.45) is 0 Å². The van der Waals surface area contributed by atoms with Crippen molar-refractivity contribution >= 4 is 17.6 Å². The molecule has 0 aromatic heterocycles. The topological polar surface area (TPSA) is 96.9 Å². The standard InChI is InChI=1S/C18H19NO6/c1-11(25-12-7-5-4-6-8-12)17(20)19-14-10-16(24-3)15(23-2)9-13(14)18(21)22/h4-11H,1-3H3,(H,19,20)(H,21,22)/p-1/t11-/m1/s1. The highest BCUT2D eigenvalue weighted by molar-refractivity contribution is 6.02. The Hall–Kier alpha value is -3.22. The number of nitrogens with one attached hydrogen (secondary N) is 1. The molecule has 2 rings (SSSR count). The van der Waals surface area contributed by atoms with Crippen molar-refractivity contribution in [1.29, 1.82) is 0 Å². The van der Waals surface area contributed by atoms with Crippen LogP contribution < -0.4 is 24.6 Å². The van der Waals surface area contributed by atoms with E-state index in [0.29, 0.717) is 5.75 Å². The molecule has 2 aromatic carbocycles.